The molecule has 9 heteroatoms. The van der Waals surface area contributed by atoms with Crippen LogP contribution < -0.4 is 16.6 Å². The van der Waals surface area contributed by atoms with Gasteiger partial charge in [-0.1, -0.05) is 0 Å². The molecule has 0 unspecified atom stereocenters. The van der Waals surface area contributed by atoms with Crippen LogP contribution in [0.3, 0.4) is 0 Å². The Morgan fingerprint density at radius 1 is 1.65 bits per heavy atom. The highest BCUT2D eigenvalue weighted by molar-refractivity contribution is 5.76. The molecule has 0 radical (unpaired) electrons. The summed E-state index contributed by atoms with van der Waals surface area (Å²) in [5.41, 5.74) is -0.846. The topological polar surface area (TPSA) is 123 Å². The van der Waals surface area contributed by atoms with E-state index in [1.54, 1.807) is 6.92 Å². The van der Waals surface area contributed by atoms with Gasteiger partial charge < -0.3 is 19.9 Å². The maximum absolute atomic E-state index is 12.1. The molecule has 1 amide bonds. The lowest BCUT2D eigenvalue weighted by Gasteiger charge is -2.39. The van der Waals surface area contributed by atoms with Crippen LogP contribution in [0.1, 0.15) is 19.9 Å². The number of hydrogen-bond acceptors (Lipinski definition) is 6. The molecular weight excluding hydrogens is 306 g/mol. The van der Waals surface area contributed by atoms with Gasteiger partial charge in [-0.2, -0.15) is 0 Å². The molecule has 0 aliphatic carbocycles. The molecule has 1 aromatic rings. The highest BCUT2D eigenvalue weighted by Crippen LogP contribution is 2.26. The number of ether oxygens (including phenoxy) is 2. The second-order valence-electron chi connectivity index (χ2n) is 5.36. The number of carbonyl (C=O) groups is 1. The fraction of sp³-hybridized carbons (Fsp3) is 0.643. The average molecular weight is 328 g/mol. The van der Waals surface area contributed by atoms with Crippen LogP contribution in [0.2, 0.25) is 0 Å². The van der Waals surface area contributed by atoms with E-state index >= 15 is 0 Å². The molecule has 2 heterocycles. The first kappa shape index (κ1) is 15.9. The average Bonchev–Trinajstić information content (AvgIpc) is 2.56. The van der Waals surface area contributed by atoms with Gasteiger partial charge >= 0.3 is 5.69 Å². The third-order valence-electron chi connectivity index (χ3n) is 3.77. The van der Waals surface area contributed by atoms with Crippen molar-refractivity contribution in [2.45, 2.75) is 38.2 Å². The fourth-order valence-corrected chi connectivity index (χ4v) is 2.38. The Bertz CT molecular complexity index is 702. The Morgan fingerprint density at radius 3 is 3.04 bits per heavy atom. The van der Waals surface area contributed by atoms with Crippen molar-refractivity contribution in [3.63, 3.8) is 0 Å². The van der Waals surface area contributed by atoms with Crippen LogP contribution in [0, 0.1) is 6.92 Å². The van der Waals surface area contributed by atoms with Crippen molar-refractivity contribution in [2.24, 2.45) is 0 Å². The van der Waals surface area contributed by atoms with Gasteiger partial charge in [0.2, 0.25) is 5.91 Å². The molecule has 0 bridgehead atoms. The van der Waals surface area contributed by atoms with E-state index in [4.69, 9.17) is 10.8 Å². The van der Waals surface area contributed by atoms with Crippen molar-refractivity contribution in [3.8, 4) is 0 Å². The second kappa shape index (κ2) is 7.07. The van der Waals surface area contributed by atoms with E-state index in [1.165, 1.54) is 17.8 Å². The molecule has 1 fully saturated rings. The lowest BCUT2D eigenvalue weighted by atomic mass is 9.98. The van der Waals surface area contributed by atoms with Gasteiger partial charge in [-0.3, -0.25) is 19.1 Å². The summed E-state index contributed by atoms with van der Waals surface area (Å²) in [5, 5.41) is 12.8. The number of rotatable bonds is 4. The van der Waals surface area contributed by atoms with Crippen LogP contribution in [0.15, 0.2) is 15.8 Å². The monoisotopic (exact) mass is 328 g/mol. The van der Waals surface area contributed by atoms with E-state index in [2.05, 4.69) is 10.3 Å². The predicted octanol–water partition coefficient (Wildman–Crippen LogP) is -1.70. The van der Waals surface area contributed by atoms with Gasteiger partial charge in [0.15, 0.2) is 0 Å². The number of amides is 1. The van der Waals surface area contributed by atoms with Crippen LogP contribution in [0.5, 0.6) is 0 Å². The van der Waals surface area contributed by atoms with Crippen LogP contribution in [0.4, 0.5) is 0 Å². The van der Waals surface area contributed by atoms with E-state index in [1.807, 2.05) is 0 Å². The van der Waals surface area contributed by atoms with Gasteiger partial charge in [0.1, 0.15) is 18.8 Å². The van der Waals surface area contributed by atoms with E-state index in [-0.39, 0.29) is 26.0 Å². The van der Waals surface area contributed by atoms with Gasteiger partial charge in [-0.15, -0.1) is 0 Å². The zero-order valence-electron chi connectivity index (χ0n) is 13.9. The summed E-state index contributed by atoms with van der Waals surface area (Å²) in [6, 6.07) is -0.740. The van der Waals surface area contributed by atoms with Crippen molar-refractivity contribution in [1.29, 1.82) is 0 Å². The number of aliphatic hydroxyl groups excluding tert-OH is 1. The Labute approximate surface area is 133 Å². The molecule has 0 saturated carbocycles. The summed E-state index contributed by atoms with van der Waals surface area (Å²) in [6.07, 6.45) is -1.55. The summed E-state index contributed by atoms with van der Waals surface area (Å²) in [6.45, 7) is 1.05. The largest absolute Gasteiger partial charge is 0.388 e. The van der Waals surface area contributed by atoms with Gasteiger partial charge in [0, 0.05) is 20.2 Å². The van der Waals surface area contributed by atoms with E-state index in [9.17, 15) is 19.5 Å². The van der Waals surface area contributed by atoms with Crippen LogP contribution in [-0.4, -0.2) is 59.1 Å². The minimum atomic E-state index is -1.19. The smallest absolute Gasteiger partial charge is 0.328 e. The zero-order valence-corrected chi connectivity index (χ0v) is 12.9. The minimum Gasteiger partial charge on any atom is -0.388 e. The number of hydrogen-bond donors (Lipinski definition) is 3. The molecule has 0 aromatic carbocycles. The van der Waals surface area contributed by atoms with Crippen molar-refractivity contribution in [1.82, 2.24) is 14.9 Å². The maximum atomic E-state index is 12.1. The first-order valence-electron chi connectivity index (χ1n) is 7.83. The molecular formula is C14H21N3O6. The number of carbonyl (C=O) groups excluding carboxylic acids is 1. The molecule has 0 spiro atoms. The van der Waals surface area contributed by atoms with Crippen LogP contribution in [0.25, 0.3) is 0 Å². The first-order valence-corrected chi connectivity index (χ1v) is 7.12. The van der Waals surface area contributed by atoms with E-state index in [0.29, 0.717) is 5.56 Å². The fourth-order valence-electron chi connectivity index (χ4n) is 2.38. The van der Waals surface area contributed by atoms with Gasteiger partial charge in [0.25, 0.3) is 5.56 Å². The lowest BCUT2D eigenvalue weighted by Crippen LogP contribution is -2.53. The van der Waals surface area contributed by atoms with Crippen molar-refractivity contribution in [2.75, 3.05) is 20.3 Å². The molecule has 23 heavy (non-hydrogen) atoms. The Morgan fingerprint density at radius 2 is 2.39 bits per heavy atom. The second-order valence-corrected chi connectivity index (χ2v) is 5.36. The van der Waals surface area contributed by atoms with Crippen molar-refractivity contribution in [3.05, 3.63) is 32.6 Å². The molecule has 3 N–H and O–H groups in total. The summed E-state index contributed by atoms with van der Waals surface area (Å²) in [7, 11) is 1.45. The van der Waals surface area contributed by atoms with Gasteiger partial charge in [-0.05, 0) is 13.8 Å². The molecule has 4 atom stereocenters. The summed E-state index contributed by atoms with van der Waals surface area (Å²) in [4.78, 5) is 37.2. The molecule has 128 valence electrons. The van der Waals surface area contributed by atoms with Crippen LogP contribution >= 0.6 is 0 Å². The third kappa shape index (κ3) is 3.69. The Balaban J connectivity index is 2.34. The standard InChI is InChI=1S/C14H21N3O6/c1-7-4-17(14(21)16-13(7)20)9-5-22-8(2)11(19)12(9)23-6-10(18)15-3/h4,8-9,11-12,19H,5-6H2,1-3H3,(H,15,18)(H,16,20,21)/t8-,9-,11-,12+/m1/s1/i2D. The molecule has 1 saturated heterocycles. The third-order valence-corrected chi connectivity index (χ3v) is 3.77. The number of aryl methyl sites for hydroxylation is 1. The number of aromatic amines is 1. The summed E-state index contributed by atoms with van der Waals surface area (Å²) >= 11 is 0. The molecule has 1 aliphatic rings. The molecule has 9 nitrogen and oxygen atoms in total. The highest BCUT2D eigenvalue weighted by Gasteiger charge is 2.40. The number of likely N-dealkylation sites (N-methyl/N-ethyl adjacent to an activating group) is 1. The number of nitrogens with zero attached hydrogens (tertiary/aromatic N) is 1. The number of aliphatic hydroxyl groups is 1. The maximum Gasteiger partial charge on any atom is 0.328 e. The van der Waals surface area contributed by atoms with Crippen LogP contribution in [-0.2, 0) is 14.3 Å². The van der Waals surface area contributed by atoms with E-state index < -0.39 is 35.6 Å². The van der Waals surface area contributed by atoms with Gasteiger partial charge in [0.05, 0.1) is 18.8 Å². The lowest BCUT2D eigenvalue weighted by molar-refractivity contribution is -0.176. The van der Waals surface area contributed by atoms with Crippen molar-refractivity contribution < 1.29 is 20.7 Å². The van der Waals surface area contributed by atoms with Gasteiger partial charge in [-0.25, -0.2) is 4.79 Å². The minimum absolute atomic E-state index is 0.00437. The predicted molar refractivity (Wildman–Crippen MR) is 80.3 cm³/mol. The zero-order chi connectivity index (χ0) is 17.9. The normalized spacial score (nSPS) is 28.2. The summed E-state index contributed by atoms with van der Waals surface area (Å²) < 4.78 is 19.5. The molecule has 1 aromatic heterocycles. The Hall–Kier alpha value is -1.97. The Kier molecular flexibility index (Phi) is 4.89. The molecule has 2 rings (SSSR count). The van der Waals surface area contributed by atoms with Crippen molar-refractivity contribution >= 4 is 5.91 Å². The number of nitrogens with one attached hydrogen (secondary N) is 2. The summed E-state index contributed by atoms with van der Waals surface area (Å²) in [5.74, 6) is -0.389. The SMILES string of the molecule is [2H]C[C@H]1OC[C@@H](n2cc(C)c(=O)[nH]c2=O)[C@H](OCC(=O)NC)[C@@H]1O. The first-order chi connectivity index (χ1) is 11.4. The molecule has 1 aliphatic heterocycles. The van der Waals surface area contributed by atoms with E-state index in [0.717, 1.165) is 0 Å². The number of aromatic nitrogens is 2. The number of H-pyrrole nitrogens is 1. The highest BCUT2D eigenvalue weighted by atomic mass is 16.5. The quantitative estimate of drug-likeness (QED) is 0.605.